The summed E-state index contributed by atoms with van der Waals surface area (Å²) < 4.78 is 32.2. The van der Waals surface area contributed by atoms with E-state index >= 15 is 0 Å². The number of ketones is 1. The zero-order chi connectivity index (χ0) is 21.2. The highest BCUT2D eigenvalue weighted by Gasteiger charge is 2.30. The first-order chi connectivity index (χ1) is 13.7. The van der Waals surface area contributed by atoms with Crippen LogP contribution in [0.2, 0.25) is 5.02 Å². The van der Waals surface area contributed by atoms with Crippen molar-refractivity contribution in [2.75, 3.05) is 13.1 Å². The standard InChI is InChI=1S/C21H22ClNO5S/c1-14-5-7-16(8-6-14)20(24)15(2)28-21(25)17-9-10-18(22)19(13-17)29(26,27)23-11-3-4-12-23/h5-10,13,15H,3-4,11-12H2,1-2H3. The summed E-state index contributed by atoms with van der Waals surface area (Å²) >= 11 is 6.10. The van der Waals surface area contributed by atoms with E-state index in [9.17, 15) is 18.0 Å². The molecule has 0 saturated carbocycles. The number of hydrogen-bond acceptors (Lipinski definition) is 5. The molecule has 1 atom stereocenters. The summed E-state index contributed by atoms with van der Waals surface area (Å²) in [5.74, 6) is -1.12. The number of carbonyl (C=O) groups excluding carboxylic acids is 2. The molecule has 0 bridgehead atoms. The van der Waals surface area contributed by atoms with Gasteiger partial charge in [0.15, 0.2) is 6.10 Å². The Kier molecular flexibility index (Phi) is 6.41. The minimum absolute atomic E-state index is 0.0238. The van der Waals surface area contributed by atoms with Gasteiger partial charge < -0.3 is 4.74 Å². The number of aryl methyl sites for hydroxylation is 1. The number of rotatable bonds is 6. The summed E-state index contributed by atoms with van der Waals surface area (Å²) in [4.78, 5) is 24.9. The van der Waals surface area contributed by atoms with Gasteiger partial charge in [0, 0.05) is 18.7 Å². The number of hydrogen-bond donors (Lipinski definition) is 0. The Bertz CT molecular complexity index is 1030. The topological polar surface area (TPSA) is 80.8 Å². The lowest BCUT2D eigenvalue weighted by atomic mass is 10.1. The largest absolute Gasteiger partial charge is 0.451 e. The lowest BCUT2D eigenvalue weighted by Crippen LogP contribution is -2.28. The third-order valence-electron chi connectivity index (χ3n) is 4.84. The molecule has 0 aromatic heterocycles. The highest BCUT2D eigenvalue weighted by Crippen LogP contribution is 2.28. The minimum Gasteiger partial charge on any atom is -0.451 e. The van der Waals surface area contributed by atoms with Crippen LogP contribution in [0.3, 0.4) is 0 Å². The molecule has 3 rings (SSSR count). The summed E-state index contributed by atoms with van der Waals surface area (Å²) in [5, 5.41) is 0.0391. The van der Waals surface area contributed by atoms with Crippen molar-refractivity contribution >= 4 is 33.4 Å². The fourth-order valence-electron chi connectivity index (χ4n) is 3.13. The molecule has 1 unspecified atom stereocenters. The zero-order valence-corrected chi connectivity index (χ0v) is 17.8. The number of halogens is 1. The first-order valence-electron chi connectivity index (χ1n) is 9.31. The Morgan fingerprint density at radius 3 is 2.24 bits per heavy atom. The number of Topliss-reactive ketones (excluding diaryl/α,β-unsaturated/α-hetero) is 1. The number of carbonyl (C=O) groups is 2. The molecule has 1 aliphatic heterocycles. The number of esters is 1. The molecule has 0 spiro atoms. The fourth-order valence-corrected chi connectivity index (χ4v) is 5.15. The van der Waals surface area contributed by atoms with Gasteiger partial charge in [-0.05, 0) is 44.9 Å². The molecule has 0 amide bonds. The molecular formula is C21H22ClNO5S. The average Bonchev–Trinajstić information content (AvgIpc) is 3.24. The quantitative estimate of drug-likeness (QED) is 0.508. The molecule has 1 aliphatic rings. The number of benzene rings is 2. The van der Waals surface area contributed by atoms with Gasteiger partial charge in [-0.15, -0.1) is 0 Å². The Morgan fingerprint density at radius 1 is 1.03 bits per heavy atom. The van der Waals surface area contributed by atoms with E-state index in [0.717, 1.165) is 18.4 Å². The van der Waals surface area contributed by atoms with Crippen LogP contribution in [-0.4, -0.2) is 43.7 Å². The maximum Gasteiger partial charge on any atom is 0.338 e. The van der Waals surface area contributed by atoms with Crippen molar-refractivity contribution in [3.8, 4) is 0 Å². The van der Waals surface area contributed by atoms with Gasteiger partial charge in [-0.3, -0.25) is 4.79 Å². The van der Waals surface area contributed by atoms with Crippen LogP contribution < -0.4 is 0 Å². The third kappa shape index (κ3) is 4.69. The first-order valence-corrected chi connectivity index (χ1v) is 11.1. The smallest absolute Gasteiger partial charge is 0.338 e. The summed E-state index contributed by atoms with van der Waals surface area (Å²) in [7, 11) is -3.79. The lowest BCUT2D eigenvalue weighted by Gasteiger charge is -2.17. The monoisotopic (exact) mass is 435 g/mol. The van der Waals surface area contributed by atoms with Crippen LogP contribution in [0.5, 0.6) is 0 Å². The fraction of sp³-hybridized carbons (Fsp3) is 0.333. The van der Waals surface area contributed by atoms with Gasteiger partial charge in [-0.1, -0.05) is 41.4 Å². The normalized spacial score (nSPS) is 15.8. The second kappa shape index (κ2) is 8.65. The molecule has 154 valence electrons. The van der Waals surface area contributed by atoms with Gasteiger partial charge in [0.2, 0.25) is 15.8 Å². The summed E-state index contributed by atoms with van der Waals surface area (Å²) in [6.07, 6.45) is 0.563. The van der Waals surface area contributed by atoms with Crippen molar-refractivity contribution in [3.05, 3.63) is 64.2 Å². The third-order valence-corrected chi connectivity index (χ3v) is 7.22. The van der Waals surface area contributed by atoms with E-state index in [0.29, 0.717) is 18.7 Å². The summed E-state index contributed by atoms with van der Waals surface area (Å²) in [6.45, 7) is 4.24. The van der Waals surface area contributed by atoms with E-state index in [4.69, 9.17) is 16.3 Å². The van der Waals surface area contributed by atoms with E-state index in [1.807, 2.05) is 6.92 Å². The highest BCUT2D eigenvalue weighted by atomic mass is 35.5. The van der Waals surface area contributed by atoms with Crippen LogP contribution in [0.1, 0.15) is 46.0 Å². The van der Waals surface area contributed by atoms with Crippen LogP contribution in [0.4, 0.5) is 0 Å². The van der Waals surface area contributed by atoms with Crippen molar-refractivity contribution in [1.29, 1.82) is 0 Å². The van der Waals surface area contributed by atoms with Gasteiger partial charge in [0.1, 0.15) is 4.90 Å². The molecule has 6 nitrogen and oxygen atoms in total. The molecule has 0 radical (unpaired) electrons. The van der Waals surface area contributed by atoms with Gasteiger partial charge in [-0.2, -0.15) is 4.31 Å². The number of nitrogens with zero attached hydrogens (tertiary/aromatic N) is 1. The van der Waals surface area contributed by atoms with Gasteiger partial charge in [0.25, 0.3) is 0 Å². The van der Waals surface area contributed by atoms with Crippen molar-refractivity contribution in [2.24, 2.45) is 0 Å². The molecule has 8 heteroatoms. The van der Waals surface area contributed by atoms with Gasteiger partial charge in [0.05, 0.1) is 10.6 Å². The number of sulfonamides is 1. The lowest BCUT2D eigenvalue weighted by molar-refractivity contribution is 0.0318. The number of ether oxygens (including phenoxy) is 1. The van der Waals surface area contributed by atoms with Crippen molar-refractivity contribution in [3.63, 3.8) is 0 Å². The van der Waals surface area contributed by atoms with E-state index in [2.05, 4.69) is 0 Å². The predicted octanol–water partition coefficient (Wildman–Crippen LogP) is 3.86. The van der Waals surface area contributed by atoms with Crippen LogP contribution in [0.15, 0.2) is 47.4 Å². The van der Waals surface area contributed by atoms with E-state index in [1.54, 1.807) is 24.3 Å². The molecule has 0 aliphatic carbocycles. The highest BCUT2D eigenvalue weighted by molar-refractivity contribution is 7.89. The molecule has 2 aromatic rings. The molecule has 2 aromatic carbocycles. The van der Waals surface area contributed by atoms with Gasteiger partial charge >= 0.3 is 5.97 Å². The second-order valence-electron chi connectivity index (χ2n) is 7.03. The Balaban J connectivity index is 1.79. The predicted molar refractivity (Wildman–Crippen MR) is 110 cm³/mol. The Labute approximate surface area is 175 Å². The van der Waals surface area contributed by atoms with Crippen molar-refractivity contribution in [2.45, 2.75) is 37.7 Å². The van der Waals surface area contributed by atoms with Crippen LogP contribution >= 0.6 is 11.6 Å². The molecule has 1 saturated heterocycles. The maximum absolute atomic E-state index is 12.8. The van der Waals surface area contributed by atoms with E-state index < -0.39 is 22.1 Å². The molecule has 29 heavy (non-hydrogen) atoms. The van der Waals surface area contributed by atoms with Crippen molar-refractivity contribution < 1.29 is 22.7 Å². The average molecular weight is 436 g/mol. The SMILES string of the molecule is Cc1ccc(C(=O)C(C)OC(=O)c2ccc(Cl)c(S(=O)(=O)N3CCCC3)c2)cc1. The minimum atomic E-state index is -3.79. The van der Waals surface area contributed by atoms with E-state index in [1.165, 1.54) is 29.4 Å². The van der Waals surface area contributed by atoms with Crippen LogP contribution in [-0.2, 0) is 14.8 Å². The maximum atomic E-state index is 12.8. The second-order valence-corrected chi connectivity index (χ2v) is 9.35. The zero-order valence-electron chi connectivity index (χ0n) is 16.2. The van der Waals surface area contributed by atoms with Gasteiger partial charge in [-0.25, -0.2) is 13.2 Å². The summed E-state index contributed by atoms with van der Waals surface area (Å²) in [6, 6.07) is 10.9. The molecule has 1 fully saturated rings. The Hall–Kier alpha value is -2.22. The molecule has 1 heterocycles. The molecule has 0 N–H and O–H groups in total. The summed E-state index contributed by atoms with van der Waals surface area (Å²) in [5.41, 5.74) is 1.47. The molecular weight excluding hydrogens is 414 g/mol. The Morgan fingerprint density at radius 2 is 1.62 bits per heavy atom. The van der Waals surface area contributed by atoms with Crippen LogP contribution in [0, 0.1) is 6.92 Å². The van der Waals surface area contributed by atoms with Crippen LogP contribution in [0.25, 0.3) is 0 Å². The first kappa shape index (κ1) is 21.5. The van der Waals surface area contributed by atoms with E-state index in [-0.39, 0.29) is 21.3 Å². The van der Waals surface area contributed by atoms with Crippen molar-refractivity contribution in [1.82, 2.24) is 4.31 Å².